The number of nitrogens with zero attached hydrogens (tertiary/aromatic N) is 1. The number of para-hydroxylation sites is 2. The summed E-state index contributed by atoms with van der Waals surface area (Å²) in [6.45, 7) is 2.00. The topological polar surface area (TPSA) is 50.8 Å². The summed E-state index contributed by atoms with van der Waals surface area (Å²) in [5.74, 6) is 2.07. The molecule has 0 aliphatic carbocycles. The number of amides is 1. The summed E-state index contributed by atoms with van der Waals surface area (Å²) in [7, 11) is 1.97. The van der Waals surface area contributed by atoms with E-state index < -0.39 is 0 Å². The number of likely N-dealkylation sites (tertiary alicyclic amines) is 1. The lowest BCUT2D eigenvalue weighted by Gasteiger charge is -2.40. The van der Waals surface area contributed by atoms with Gasteiger partial charge in [-0.2, -0.15) is 0 Å². The summed E-state index contributed by atoms with van der Waals surface area (Å²) in [5, 5.41) is 4.02. The zero-order valence-corrected chi connectivity index (χ0v) is 16.7. The predicted octanol–water partition coefficient (Wildman–Crippen LogP) is 3.62. The molecule has 148 valence electrons. The van der Waals surface area contributed by atoms with Crippen molar-refractivity contribution in [3.63, 3.8) is 0 Å². The minimum atomic E-state index is -0.0416. The lowest BCUT2D eigenvalue weighted by atomic mass is 9.86. The van der Waals surface area contributed by atoms with Crippen molar-refractivity contribution in [1.29, 1.82) is 0 Å². The van der Waals surface area contributed by atoms with E-state index >= 15 is 0 Å². The molecule has 4 rings (SSSR count). The van der Waals surface area contributed by atoms with E-state index in [0.29, 0.717) is 23.1 Å². The highest BCUT2D eigenvalue weighted by atomic mass is 35.5. The minimum Gasteiger partial charge on any atom is -0.486 e. The third-order valence-corrected chi connectivity index (χ3v) is 5.91. The van der Waals surface area contributed by atoms with E-state index in [9.17, 15) is 4.79 Å². The summed E-state index contributed by atoms with van der Waals surface area (Å²) in [6, 6.07) is 15.1. The van der Waals surface area contributed by atoms with Crippen molar-refractivity contribution in [3.8, 4) is 11.5 Å². The molecular formula is C22H25ClN2O3. The van der Waals surface area contributed by atoms with Gasteiger partial charge in [0.25, 0.3) is 5.91 Å². The van der Waals surface area contributed by atoms with Crippen LogP contribution in [0.5, 0.6) is 11.5 Å². The number of nitrogens with one attached hydrogen (secondary N) is 1. The Kier molecular flexibility index (Phi) is 5.74. The van der Waals surface area contributed by atoms with E-state index in [0.717, 1.165) is 37.4 Å². The Hall–Kier alpha value is -2.24. The largest absolute Gasteiger partial charge is 0.486 e. The monoisotopic (exact) mass is 400 g/mol. The van der Waals surface area contributed by atoms with Crippen LogP contribution in [0.15, 0.2) is 48.5 Å². The number of fused-ring (bicyclic) bond motifs is 1. The van der Waals surface area contributed by atoms with E-state index in [1.165, 1.54) is 0 Å². The fraction of sp³-hybridized carbons (Fsp3) is 0.409. The average molecular weight is 401 g/mol. The van der Waals surface area contributed by atoms with Crippen LogP contribution in [0.3, 0.4) is 0 Å². The molecule has 28 heavy (non-hydrogen) atoms. The SMILES string of the molecule is CNC(C1CCN(C(=O)c2cccc(Cl)c2)CC1)C1COc2ccccc2O1. The summed E-state index contributed by atoms with van der Waals surface area (Å²) in [6.07, 6.45) is 1.82. The highest BCUT2D eigenvalue weighted by Gasteiger charge is 2.36. The fourth-order valence-electron chi connectivity index (χ4n) is 4.20. The minimum absolute atomic E-state index is 0.0416. The van der Waals surface area contributed by atoms with Gasteiger partial charge in [-0.05, 0) is 56.1 Å². The Balaban J connectivity index is 1.38. The molecule has 1 N–H and O–H groups in total. The number of piperidine rings is 1. The summed E-state index contributed by atoms with van der Waals surface area (Å²) in [4.78, 5) is 14.7. The number of hydrogen-bond donors (Lipinski definition) is 1. The maximum Gasteiger partial charge on any atom is 0.253 e. The van der Waals surface area contributed by atoms with E-state index in [-0.39, 0.29) is 18.1 Å². The average Bonchev–Trinajstić information content (AvgIpc) is 2.74. The molecule has 2 aromatic carbocycles. The Morgan fingerprint density at radius 2 is 1.89 bits per heavy atom. The number of carbonyl (C=O) groups excluding carboxylic acids is 1. The van der Waals surface area contributed by atoms with Crippen LogP contribution in [0.4, 0.5) is 0 Å². The van der Waals surface area contributed by atoms with Crippen molar-refractivity contribution in [1.82, 2.24) is 10.2 Å². The second-order valence-corrected chi connectivity index (χ2v) is 7.80. The molecule has 1 saturated heterocycles. The van der Waals surface area contributed by atoms with Crippen molar-refractivity contribution in [3.05, 3.63) is 59.1 Å². The molecule has 2 aliphatic heterocycles. The molecule has 2 unspecified atom stereocenters. The number of hydrogen-bond acceptors (Lipinski definition) is 4. The summed E-state index contributed by atoms with van der Waals surface area (Å²) < 4.78 is 12.1. The maximum atomic E-state index is 12.7. The van der Waals surface area contributed by atoms with E-state index in [1.807, 2.05) is 48.3 Å². The van der Waals surface area contributed by atoms with Gasteiger partial charge in [0.2, 0.25) is 0 Å². The molecule has 2 aromatic rings. The van der Waals surface area contributed by atoms with Gasteiger partial charge in [-0.1, -0.05) is 29.8 Å². The van der Waals surface area contributed by atoms with Crippen LogP contribution in [-0.2, 0) is 0 Å². The molecule has 5 nitrogen and oxygen atoms in total. The molecule has 0 radical (unpaired) electrons. The van der Waals surface area contributed by atoms with Gasteiger partial charge in [-0.15, -0.1) is 0 Å². The highest BCUT2D eigenvalue weighted by molar-refractivity contribution is 6.30. The van der Waals surface area contributed by atoms with Crippen LogP contribution in [-0.4, -0.2) is 49.7 Å². The van der Waals surface area contributed by atoms with E-state index in [2.05, 4.69) is 5.32 Å². The van der Waals surface area contributed by atoms with Gasteiger partial charge in [-0.3, -0.25) is 4.79 Å². The zero-order valence-electron chi connectivity index (χ0n) is 15.9. The van der Waals surface area contributed by atoms with Crippen molar-refractivity contribution < 1.29 is 14.3 Å². The molecule has 0 saturated carbocycles. The van der Waals surface area contributed by atoms with E-state index in [1.54, 1.807) is 12.1 Å². The van der Waals surface area contributed by atoms with Gasteiger partial charge in [-0.25, -0.2) is 0 Å². The summed E-state index contributed by atoms with van der Waals surface area (Å²) in [5.41, 5.74) is 0.650. The quantitative estimate of drug-likeness (QED) is 0.851. The van der Waals surface area contributed by atoms with Crippen LogP contribution < -0.4 is 14.8 Å². The Morgan fingerprint density at radius 3 is 2.61 bits per heavy atom. The van der Waals surface area contributed by atoms with Gasteiger partial charge in [0.05, 0.1) is 6.04 Å². The van der Waals surface area contributed by atoms with Gasteiger partial charge in [0.15, 0.2) is 11.5 Å². The van der Waals surface area contributed by atoms with Crippen LogP contribution in [0.1, 0.15) is 23.2 Å². The number of likely N-dealkylation sites (N-methyl/N-ethyl adjacent to an activating group) is 1. The van der Waals surface area contributed by atoms with Gasteiger partial charge in [0.1, 0.15) is 12.7 Å². The lowest BCUT2D eigenvalue weighted by Crippen LogP contribution is -2.53. The van der Waals surface area contributed by atoms with Crippen molar-refractivity contribution in [2.45, 2.75) is 25.0 Å². The lowest BCUT2D eigenvalue weighted by molar-refractivity contribution is 0.0301. The van der Waals surface area contributed by atoms with Crippen molar-refractivity contribution in [2.24, 2.45) is 5.92 Å². The number of carbonyl (C=O) groups is 1. The number of rotatable bonds is 4. The standard InChI is InChI=1S/C22H25ClN2O3/c1-24-21(20-14-27-18-7-2-3-8-19(18)28-20)15-9-11-25(12-10-15)22(26)16-5-4-6-17(23)13-16/h2-8,13,15,20-21,24H,9-12,14H2,1H3. The second kappa shape index (κ2) is 8.41. The maximum absolute atomic E-state index is 12.7. The Morgan fingerprint density at radius 1 is 1.14 bits per heavy atom. The van der Waals surface area contributed by atoms with Gasteiger partial charge < -0.3 is 19.7 Å². The van der Waals surface area contributed by atoms with Crippen molar-refractivity contribution in [2.75, 3.05) is 26.7 Å². The van der Waals surface area contributed by atoms with Crippen LogP contribution in [0, 0.1) is 5.92 Å². The van der Waals surface area contributed by atoms with Gasteiger partial charge in [0, 0.05) is 23.7 Å². The number of halogens is 1. The first-order chi connectivity index (χ1) is 13.7. The molecule has 0 bridgehead atoms. The molecule has 1 fully saturated rings. The first-order valence-corrected chi connectivity index (χ1v) is 10.1. The van der Waals surface area contributed by atoms with Crippen LogP contribution in [0.25, 0.3) is 0 Å². The highest BCUT2D eigenvalue weighted by Crippen LogP contribution is 2.34. The molecule has 6 heteroatoms. The Bertz CT molecular complexity index is 836. The Labute approximate surface area is 170 Å². The van der Waals surface area contributed by atoms with Crippen LogP contribution in [0.2, 0.25) is 5.02 Å². The third-order valence-electron chi connectivity index (χ3n) is 5.67. The van der Waals surface area contributed by atoms with Crippen LogP contribution >= 0.6 is 11.6 Å². The molecular weight excluding hydrogens is 376 g/mol. The molecule has 2 aliphatic rings. The molecule has 2 heterocycles. The molecule has 0 aromatic heterocycles. The molecule has 0 spiro atoms. The number of benzene rings is 2. The van der Waals surface area contributed by atoms with Gasteiger partial charge >= 0.3 is 0 Å². The smallest absolute Gasteiger partial charge is 0.253 e. The van der Waals surface area contributed by atoms with Crippen molar-refractivity contribution >= 4 is 17.5 Å². The summed E-state index contributed by atoms with van der Waals surface area (Å²) >= 11 is 6.03. The zero-order chi connectivity index (χ0) is 19.5. The van der Waals surface area contributed by atoms with E-state index in [4.69, 9.17) is 21.1 Å². The predicted molar refractivity (Wildman–Crippen MR) is 109 cm³/mol. The number of ether oxygens (including phenoxy) is 2. The molecule has 1 amide bonds. The third kappa shape index (κ3) is 3.96. The second-order valence-electron chi connectivity index (χ2n) is 7.37. The normalized spacial score (nSPS) is 20.6. The molecule has 2 atom stereocenters. The first-order valence-electron chi connectivity index (χ1n) is 9.76. The fourth-order valence-corrected chi connectivity index (χ4v) is 4.39. The first kappa shape index (κ1) is 19.1.